The van der Waals surface area contributed by atoms with Crippen LogP contribution in [0.1, 0.15) is 24.4 Å². The van der Waals surface area contributed by atoms with Crippen LogP contribution >= 0.6 is 34.0 Å². The number of methoxy groups -OCH3 is 1. The number of ether oxygens (including phenoxy) is 1. The average Bonchev–Trinajstić information content (AvgIpc) is 3.36. The Bertz CT molecular complexity index is 1120. The van der Waals surface area contributed by atoms with Crippen LogP contribution < -0.4 is 4.74 Å². The lowest BCUT2D eigenvalue weighted by Crippen LogP contribution is -2.16. The van der Waals surface area contributed by atoms with Crippen molar-refractivity contribution < 1.29 is 4.74 Å². The average molecular weight is 423 g/mol. The highest BCUT2D eigenvalue weighted by atomic mass is 32.1. The molecule has 0 spiro atoms. The number of rotatable bonds is 1. The van der Waals surface area contributed by atoms with Crippen molar-refractivity contribution in [1.29, 1.82) is 0 Å². The Hall–Kier alpha value is -2.20. The van der Waals surface area contributed by atoms with Gasteiger partial charge in [-0.2, -0.15) is 0 Å². The maximum absolute atomic E-state index is 5.19. The Balaban J connectivity index is 1.68. The molecule has 0 aliphatic carbocycles. The van der Waals surface area contributed by atoms with Gasteiger partial charge in [0.15, 0.2) is 5.06 Å². The van der Waals surface area contributed by atoms with Crippen LogP contribution in [-0.2, 0) is 0 Å². The van der Waals surface area contributed by atoms with Gasteiger partial charge in [-0.15, -0.1) is 28.2 Å². The quantitative estimate of drug-likeness (QED) is 0.350. The summed E-state index contributed by atoms with van der Waals surface area (Å²) in [4.78, 5) is 5.16. The van der Waals surface area contributed by atoms with Gasteiger partial charge in [-0.3, -0.25) is 0 Å². The molecule has 0 saturated carbocycles. The first-order valence-corrected chi connectivity index (χ1v) is 14.3. The van der Waals surface area contributed by atoms with Gasteiger partial charge in [0.05, 0.1) is 31.5 Å². The van der Waals surface area contributed by atoms with Gasteiger partial charge < -0.3 is 4.74 Å². The largest absolute Gasteiger partial charge is 0.487 e. The Morgan fingerprint density at radius 2 is 1.04 bits per heavy atom. The van der Waals surface area contributed by atoms with Crippen LogP contribution in [0.5, 0.6) is 5.06 Å². The topological polar surface area (TPSA) is 9.23 Å². The highest BCUT2D eigenvalue weighted by molar-refractivity contribution is 7.14. The lowest BCUT2D eigenvalue weighted by molar-refractivity contribution is 0.427. The summed E-state index contributed by atoms with van der Waals surface area (Å²) in [5.74, 6) is 16.1. The number of thiophene rings is 3. The molecule has 27 heavy (non-hydrogen) atoms. The SMILES string of the molecule is COc1ccc(C#Cc2ccc(C#Cc3ccc(C#C[Si](C)(C)C)s3)s2)s1. The minimum absolute atomic E-state index is 0.877. The van der Waals surface area contributed by atoms with Crippen molar-refractivity contribution in [3.63, 3.8) is 0 Å². The second-order valence-corrected chi connectivity index (χ2v) is 14.6. The minimum atomic E-state index is -1.34. The fraction of sp³-hybridized carbons (Fsp3) is 0.182. The molecule has 0 atom stereocenters. The third-order valence-corrected chi connectivity index (χ3v) is 6.84. The second-order valence-electron chi connectivity index (χ2n) is 6.65. The molecular formula is C22H18OS3Si. The van der Waals surface area contributed by atoms with Crippen LogP contribution in [0.3, 0.4) is 0 Å². The maximum Gasteiger partial charge on any atom is 0.174 e. The van der Waals surface area contributed by atoms with Crippen LogP contribution in [0.4, 0.5) is 0 Å². The van der Waals surface area contributed by atoms with Gasteiger partial charge in [0, 0.05) is 0 Å². The summed E-state index contributed by atoms with van der Waals surface area (Å²) < 4.78 is 5.19. The van der Waals surface area contributed by atoms with E-state index < -0.39 is 8.07 Å². The normalized spacial score (nSPS) is 10.1. The molecule has 3 aromatic rings. The summed E-state index contributed by atoms with van der Waals surface area (Å²) in [6.07, 6.45) is 0. The third-order valence-electron chi connectivity index (χ3n) is 3.17. The molecular weight excluding hydrogens is 405 g/mol. The zero-order valence-electron chi connectivity index (χ0n) is 15.6. The molecule has 0 aromatic carbocycles. The highest BCUT2D eigenvalue weighted by Crippen LogP contribution is 2.23. The molecule has 0 amide bonds. The van der Waals surface area contributed by atoms with Crippen LogP contribution in [0.15, 0.2) is 36.4 Å². The van der Waals surface area contributed by atoms with E-state index in [0.29, 0.717) is 0 Å². The first-order chi connectivity index (χ1) is 12.9. The van der Waals surface area contributed by atoms with Crippen LogP contribution in [0, 0.1) is 35.1 Å². The first kappa shape index (κ1) is 19.6. The third kappa shape index (κ3) is 6.17. The second kappa shape index (κ2) is 8.66. The summed E-state index contributed by atoms with van der Waals surface area (Å²) in [7, 11) is 0.329. The summed E-state index contributed by atoms with van der Waals surface area (Å²) in [6, 6.07) is 12.1. The van der Waals surface area contributed by atoms with Crippen molar-refractivity contribution in [2.75, 3.05) is 7.11 Å². The summed E-state index contributed by atoms with van der Waals surface area (Å²) >= 11 is 4.81. The van der Waals surface area contributed by atoms with Gasteiger partial charge in [0.1, 0.15) is 8.07 Å². The lowest BCUT2D eigenvalue weighted by Gasteiger charge is -2.02. The van der Waals surface area contributed by atoms with Crippen LogP contribution in [-0.4, -0.2) is 15.2 Å². The molecule has 5 heteroatoms. The fourth-order valence-corrected chi connectivity index (χ4v) is 4.64. The highest BCUT2D eigenvalue weighted by Gasteiger charge is 2.07. The molecule has 0 aliphatic rings. The van der Waals surface area contributed by atoms with E-state index in [4.69, 9.17) is 4.74 Å². The van der Waals surface area contributed by atoms with Gasteiger partial charge >= 0.3 is 0 Å². The zero-order valence-corrected chi connectivity index (χ0v) is 19.0. The number of hydrogen-bond acceptors (Lipinski definition) is 4. The lowest BCUT2D eigenvalue weighted by atomic mass is 10.4. The molecule has 0 N–H and O–H groups in total. The molecule has 3 rings (SSSR count). The van der Waals surface area contributed by atoms with Crippen molar-refractivity contribution in [2.24, 2.45) is 0 Å². The van der Waals surface area contributed by atoms with Crippen molar-refractivity contribution in [3.05, 3.63) is 60.8 Å². The summed E-state index contributed by atoms with van der Waals surface area (Å²) in [6.45, 7) is 6.75. The van der Waals surface area contributed by atoms with E-state index in [9.17, 15) is 0 Å². The Morgan fingerprint density at radius 3 is 1.44 bits per heavy atom. The van der Waals surface area contributed by atoms with Crippen molar-refractivity contribution in [2.45, 2.75) is 19.6 Å². The molecule has 0 saturated heterocycles. The molecule has 0 bridgehead atoms. The molecule has 0 aliphatic heterocycles. The van der Waals surface area contributed by atoms with E-state index in [1.165, 1.54) is 0 Å². The van der Waals surface area contributed by atoms with E-state index in [-0.39, 0.29) is 0 Å². The van der Waals surface area contributed by atoms with E-state index in [1.54, 1.807) is 41.1 Å². The summed E-state index contributed by atoms with van der Waals surface area (Å²) in [5, 5.41) is 0.877. The minimum Gasteiger partial charge on any atom is -0.487 e. The fourth-order valence-electron chi connectivity index (χ4n) is 1.94. The molecule has 3 aromatic heterocycles. The van der Waals surface area contributed by atoms with Gasteiger partial charge in [-0.05, 0) is 60.1 Å². The monoisotopic (exact) mass is 422 g/mol. The smallest absolute Gasteiger partial charge is 0.174 e. The Kier molecular flexibility index (Phi) is 6.27. The molecule has 134 valence electrons. The van der Waals surface area contributed by atoms with E-state index in [2.05, 4.69) is 60.9 Å². The molecule has 0 fully saturated rings. The predicted octanol–water partition coefficient (Wildman–Crippen LogP) is 5.91. The zero-order chi connectivity index (χ0) is 19.3. The van der Waals surface area contributed by atoms with Gasteiger partial charge in [0.2, 0.25) is 0 Å². The van der Waals surface area contributed by atoms with E-state index in [0.717, 1.165) is 29.4 Å². The van der Waals surface area contributed by atoms with E-state index in [1.807, 2.05) is 30.3 Å². The van der Waals surface area contributed by atoms with Gasteiger partial charge in [-0.25, -0.2) is 0 Å². The van der Waals surface area contributed by atoms with Gasteiger partial charge in [-0.1, -0.05) is 36.9 Å². The first-order valence-electron chi connectivity index (χ1n) is 8.32. The maximum atomic E-state index is 5.19. The van der Waals surface area contributed by atoms with Crippen LogP contribution in [0.25, 0.3) is 0 Å². The van der Waals surface area contributed by atoms with Crippen LogP contribution in [0.2, 0.25) is 19.6 Å². The molecule has 0 unspecified atom stereocenters. The van der Waals surface area contributed by atoms with Crippen molar-refractivity contribution in [1.82, 2.24) is 0 Å². The Labute approximate surface area is 174 Å². The van der Waals surface area contributed by atoms with Gasteiger partial charge in [0.25, 0.3) is 0 Å². The molecule has 3 heterocycles. The molecule has 1 nitrogen and oxygen atoms in total. The summed E-state index contributed by atoms with van der Waals surface area (Å²) in [5.41, 5.74) is 3.39. The van der Waals surface area contributed by atoms with Crippen molar-refractivity contribution >= 4 is 42.1 Å². The molecule has 0 radical (unpaired) electrons. The predicted molar refractivity (Wildman–Crippen MR) is 122 cm³/mol. The van der Waals surface area contributed by atoms with E-state index >= 15 is 0 Å². The number of hydrogen-bond donors (Lipinski definition) is 0. The standard InChI is InChI=1S/C22H18OS3Si/c1-23-22-14-13-20(26-22)11-9-18-6-5-17(24-18)7-8-19-10-12-21(25-19)15-16-27(2,3)4/h5-6,10,12-14H,1-4H3. The van der Waals surface area contributed by atoms with Crippen molar-refractivity contribution in [3.8, 4) is 40.2 Å². The Morgan fingerprint density at radius 1 is 0.630 bits per heavy atom.